The SMILES string of the molecule is CC(NC(C(=O)NC1CC1)c1ccc(F)cc1)c1ccc(S(C)(=O)=O)cc1. The first-order valence-corrected chi connectivity index (χ1v) is 10.7. The minimum Gasteiger partial charge on any atom is -0.352 e. The lowest BCUT2D eigenvalue weighted by Gasteiger charge is -2.24. The number of halogens is 1. The predicted molar refractivity (Wildman–Crippen MR) is 101 cm³/mol. The van der Waals surface area contributed by atoms with Crippen LogP contribution < -0.4 is 10.6 Å². The molecule has 2 aromatic rings. The molecule has 0 spiro atoms. The average molecular weight is 390 g/mol. The highest BCUT2D eigenvalue weighted by Gasteiger charge is 2.29. The van der Waals surface area contributed by atoms with E-state index in [0.29, 0.717) is 5.56 Å². The van der Waals surface area contributed by atoms with Crippen molar-refractivity contribution in [3.63, 3.8) is 0 Å². The molecule has 7 heteroatoms. The summed E-state index contributed by atoms with van der Waals surface area (Å²) in [4.78, 5) is 12.9. The summed E-state index contributed by atoms with van der Waals surface area (Å²) in [5.41, 5.74) is 1.53. The summed E-state index contributed by atoms with van der Waals surface area (Å²) in [6, 6.07) is 11.8. The Morgan fingerprint density at radius 2 is 1.59 bits per heavy atom. The van der Waals surface area contributed by atoms with Gasteiger partial charge in [-0.25, -0.2) is 12.8 Å². The monoisotopic (exact) mass is 390 g/mol. The second-order valence-electron chi connectivity index (χ2n) is 7.00. The summed E-state index contributed by atoms with van der Waals surface area (Å²) < 4.78 is 36.5. The summed E-state index contributed by atoms with van der Waals surface area (Å²) in [6.45, 7) is 1.90. The van der Waals surface area contributed by atoms with Gasteiger partial charge in [0, 0.05) is 18.3 Å². The fourth-order valence-electron chi connectivity index (χ4n) is 2.84. The molecule has 0 aromatic heterocycles. The van der Waals surface area contributed by atoms with Gasteiger partial charge >= 0.3 is 0 Å². The van der Waals surface area contributed by atoms with Crippen LogP contribution in [0.4, 0.5) is 4.39 Å². The van der Waals surface area contributed by atoms with E-state index in [1.165, 1.54) is 12.1 Å². The zero-order valence-corrected chi connectivity index (χ0v) is 16.1. The Morgan fingerprint density at radius 3 is 2.11 bits per heavy atom. The molecule has 0 aliphatic heterocycles. The van der Waals surface area contributed by atoms with Crippen molar-refractivity contribution in [2.45, 2.75) is 42.8 Å². The Hall–Kier alpha value is -2.25. The van der Waals surface area contributed by atoms with Crippen LogP contribution in [0, 0.1) is 5.82 Å². The van der Waals surface area contributed by atoms with Crippen LogP contribution in [-0.2, 0) is 14.6 Å². The van der Waals surface area contributed by atoms with Crippen molar-refractivity contribution < 1.29 is 17.6 Å². The lowest BCUT2D eigenvalue weighted by atomic mass is 10.0. The van der Waals surface area contributed by atoms with Crippen LogP contribution in [0.3, 0.4) is 0 Å². The van der Waals surface area contributed by atoms with E-state index in [9.17, 15) is 17.6 Å². The van der Waals surface area contributed by atoms with Gasteiger partial charge < -0.3 is 5.32 Å². The highest BCUT2D eigenvalue weighted by atomic mass is 32.2. The van der Waals surface area contributed by atoms with Gasteiger partial charge in [0.2, 0.25) is 5.91 Å². The first-order chi connectivity index (χ1) is 12.7. The van der Waals surface area contributed by atoms with Crippen molar-refractivity contribution in [1.29, 1.82) is 0 Å². The molecule has 3 rings (SSSR count). The number of hydrogen-bond acceptors (Lipinski definition) is 4. The molecular formula is C20H23FN2O3S. The van der Waals surface area contributed by atoms with E-state index in [2.05, 4.69) is 10.6 Å². The van der Waals surface area contributed by atoms with Crippen molar-refractivity contribution in [2.75, 3.05) is 6.26 Å². The van der Waals surface area contributed by atoms with Crippen molar-refractivity contribution in [3.8, 4) is 0 Å². The second-order valence-corrected chi connectivity index (χ2v) is 9.01. The van der Waals surface area contributed by atoms with E-state index >= 15 is 0 Å². The Balaban J connectivity index is 1.79. The minimum atomic E-state index is -3.26. The topological polar surface area (TPSA) is 75.3 Å². The van der Waals surface area contributed by atoms with Gasteiger partial charge in [-0.3, -0.25) is 10.1 Å². The fourth-order valence-corrected chi connectivity index (χ4v) is 3.47. The first-order valence-electron chi connectivity index (χ1n) is 8.86. The normalized spacial score (nSPS) is 16.6. The molecule has 2 unspecified atom stereocenters. The maximum absolute atomic E-state index is 13.3. The molecule has 1 fully saturated rings. The molecule has 0 saturated heterocycles. The number of benzene rings is 2. The Bertz CT molecular complexity index is 907. The molecule has 2 aromatic carbocycles. The molecule has 2 N–H and O–H groups in total. The fraction of sp³-hybridized carbons (Fsp3) is 0.350. The highest BCUT2D eigenvalue weighted by molar-refractivity contribution is 7.90. The van der Waals surface area contributed by atoms with Crippen LogP contribution in [0.25, 0.3) is 0 Å². The molecule has 5 nitrogen and oxygen atoms in total. The number of sulfone groups is 1. The van der Waals surface area contributed by atoms with Crippen LogP contribution in [0.1, 0.15) is 43.0 Å². The third-order valence-corrected chi connectivity index (χ3v) is 5.74. The van der Waals surface area contributed by atoms with Crippen LogP contribution >= 0.6 is 0 Å². The Labute approximate surface area is 158 Å². The van der Waals surface area contributed by atoms with Gasteiger partial charge in [0.15, 0.2) is 9.84 Å². The average Bonchev–Trinajstić information content (AvgIpc) is 3.43. The molecule has 144 valence electrons. The molecule has 0 bridgehead atoms. The molecule has 27 heavy (non-hydrogen) atoms. The van der Waals surface area contributed by atoms with Crippen molar-refractivity contribution in [2.24, 2.45) is 0 Å². The molecule has 1 amide bonds. The van der Waals surface area contributed by atoms with Crippen LogP contribution in [0.2, 0.25) is 0 Å². The number of amides is 1. The highest BCUT2D eigenvalue weighted by Crippen LogP contribution is 2.24. The Morgan fingerprint density at radius 1 is 1.04 bits per heavy atom. The van der Waals surface area contributed by atoms with Crippen molar-refractivity contribution in [1.82, 2.24) is 10.6 Å². The third-order valence-electron chi connectivity index (χ3n) is 4.61. The standard InChI is InChI=1S/C20H23FN2O3S/c1-13(14-5-11-18(12-6-14)27(2,25)26)22-19(20(24)23-17-9-10-17)15-3-7-16(21)8-4-15/h3-8,11-13,17,19,22H,9-10H2,1-2H3,(H,23,24). The Kier molecular flexibility index (Phi) is 5.62. The zero-order valence-electron chi connectivity index (χ0n) is 15.3. The lowest BCUT2D eigenvalue weighted by molar-refractivity contribution is -0.123. The quantitative estimate of drug-likeness (QED) is 0.762. The smallest absolute Gasteiger partial charge is 0.241 e. The van der Waals surface area contributed by atoms with Crippen molar-refractivity contribution >= 4 is 15.7 Å². The van der Waals surface area contributed by atoms with E-state index in [0.717, 1.165) is 24.7 Å². The summed E-state index contributed by atoms with van der Waals surface area (Å²) in [7, 11) is -3.26. The lowest BCUT2D eigenvalue weighted by Crippen LogP contribution is -2.39. The first kappa shape index (κ1) is 19.5. The van der Waals surface area contributed by atoms with Crippen molar-refractivity contribution in [3.05, 3.63) is 65.5 Å². The zero-order chi connectivity index (χ0) is 19.6. The number of carbonyl (C=O) groups is 1. The van der Waals surface area contributed by atoms with E-state index in [4.69, 9.17) is 0 Å². The number of hydrogen-bond donors (Lipinski definition) is 2. The van der Waals surface area contributed by atoms with Crippen LogP contribution in [0.15, 0.2) is 53.4 Å². The van der Waals surface area contributed by atoms with Gasteiger partial charge in [-0.05, 0) is 55.2 Å². The van der Waals surface area contributed by atoms with Gasteiger partial charge in [-0.1, -0.05) is 24.3 Å². The van der Waals surface area contributed by atoms with Gasteiger partial charge in [0.1, 0.15) is 11.9 Å². The molecule has 0 heterocycles. The van der Waals surface area contributed by atoms with E-state index < -0.39 is 15.9 Å². The molecule has 1 saturated carbocycles. The van der Waals surface area contributed by atoms with E-state index in [1.54, 1.807) is 36.4 Å². The maximum atomic E-state index is 13.3. The molecular weight excluding hydrogens is 367 g/mol. The molecule has 1 aliphatic rings. The molecule has 0 radical (unpaired) electrons. The minimum absolute atomic E-state index is 0.149. The van der Waals surface area contributed by atoms with E-state index in [-0.39, 0.29) is 28.7 Å². The predicted octanol–water partition coefficient (Wildman–Crippen LogP) is 2.90. The van der Waals surface area contributed by atoms with Crippen LogP contribution in [-0.4, -0.2) is 26.6 Å². The van der Waals surface area contributed by atoms with Gasteiger partial charge in [0.25, 0.3) is 0 Å². The molecule has 2 atom stereocenters. The largest absolute Gasteiger partial charge is 0.352 e. The van der Waals surface area contributed by atoms with Gasteiger partial charge in [-0.15, -0.1) is 0 Å². The van der Waals surface area contributed by atoms with E-state index in [1.807, 2.05) is 6.92 Å². The summed E-state index contributed by atoms with van der Waals surface area (Å²) in [6.07, 6.45) is 3.12. The van der Waals surface area contributed by atoms with Gasteiger partial charge in [-0.2, -0.15) is 0 Å². The maximum Gasteiger partial charge on any atom is 0.241 e. The third kappa shape index (κ3) is 5.14. The number of carbonyl (C=O) groups excluding carboxylic acids is 1. The summed E-state index contributed by atoms with van der Waals surface area (Å²) >= 11 is 0. The number of rotatable bonds is 7. The summed E-state index contributed by atoms with van der Waals surface area (Å²) in [5, 5.41) is 6.25. The molecule has 1 aliphatic carbocycles. The van der Waals surface area contributed by atoms with Crippen LogP contribution in [0.5, 0.6) is 0 Å². The second kappa shape index (κ2) is 7.78. The summed E-state index contributed by atoms with van der Waals surface area (Å²) in [5.74, 6) is -0.506. The van der Waals surface area contributed by atoms with Gasteiger partial charge in [0.05, 0.1) is 4.90 Å². The number of nitrogens with one attached hydrogen (secondary N) is 2.